The standard InChI is InChI=1S/C23H23NO6/c1-26-19-12-15(13-20-22(19)28-11-10-27-20)4-7-21(25)24-16-5-6-17-18(14-16)30-23(29-17)8-2-3-9-23/h4-7,12-14H,2-3,8-11H2,1H3,(H,24,25)/b7-4+. The maximum atomic E-state index is 12.4. The van der Waals surface area contributed by atoms with E-state index < -0.39 is 5.79 Å². The second-order valence-electron chi connectivity index (χ2n) is 7.55. The number of benzene rings is 2. The first-order chi connectivity index (χ1) is 14.6. The normalized spacial score (nSPS) is 18.0. The number of fused-ring (bicyclic) bond motifs is 2. The van der Waals surface area contributed by atoms with Crippen LogP contribution in [0.1, 0.15) is 31.2 Å². The van der Waals surface area contributed by atoms with E-state index in [2.05, 4.69) is 5.32 Å². The third-order valence-corrected chi connectivity index (χ3v) is 5.45. The van der Waals surface area contributed by atoms with Gasteiger partial charge in [0.1, 0.15) is 13.2 Å². The van der Waals surface area contributed by atoms with Crippen molar-refractivity contribution in [1.82, 2.24) is 0 Å². The molecule has 2 aliphatic heterocycles. The minimum Gasteiger partial charge on any atom is -0.493 e. The number of anilines is 1. The molecule has 0 saturated heterocycles. The van der Waals surface area contributed by atoms with Gasteiger partial charge in [0.05, 0.1) is 7.11 Å². The first kappa shape index (κ1) is 18.7. The predicted molar refractivity (Wildman–Crippen MR) is 111 cm³/mol. The van der Waals surface area contributed by atoms with Gasteiger partial charge in [-0.15, -0.1) is 0 Å². The summed E-state index contributed by atoms with van der Waals surface area (Å²) in [5.41, 5.74) is 1.43. The Kier molecular flexibility index (Phi) is 4.65. The SMILES string of the molecule is COc1cc(/C=C/C(=O)Nc2ccc3c(c2)OC2(CCCC2)O3)cc2c1OCCO2. The lowest BCUT2D eigenvalue weighted by atomic mass is 10.1. The first-order valence-electron chi connectivity index (χ1n) is 10.1. The molecule has 1 aliphatic carbocycles. The molecular formula is C23H23NO6. The molecule has 30 heavy (non-hydrogen) atoms. The molecule has 0 bridgehead atoms. The minimum absolute atomic E-state index is 0.252. The van der Waals surface area contributed by atoms with Gasteiger partial charge in [-0.25, -0.2) is 0 Å². The Morgan fingerprint density at radius 3 is 2.67 bits per heavy atom. The Labute approximate surface area is 174 Å². The van der Waals surface area contributed by atoms with Gasteiger partial charge in [-0.3, -0.25) is 4.79 Å². The van der Waals surface area contributed by atoms with Crippen molar-refractivity contribution in [2.24, 2.45) is 0 Å². The summed E-state index contributed by atoms with van der Waals surface area (Å²) in [5.74, 6) is 2.41. The number of ether oxygens (including phenoxy) is 5. The van der Waals surface area contributed by atoms with Gasteiger partial charge in [0.25, 0.3) is 5.79 Å². The van der Waals surface area contributed by atoms with Crippen LogP contribution in [-0.4, -0.2) is 32.0 Å². The number of hydrogen-bond acceptors (Lipinski definition) is 6. The Balaban J connectivity index is 1.28. The molecule has 0 atom stereocenters. The monoisotopic (exact) mass is 409 g/mol. The molecule has 1 fully saturated rings. The minimum atomic E-state index is -0.512. The van der Waals surface area contributed by atoms with Crippen LogP contribution in [0.2, 0.25) is 0 Å². The fourth-order valence-electron chi connectivity index (χ4n) is 4.03. The van der Waals surface area contributed by atoms with Crippen LogP contribution in [0.15, 0.2) is 36.4 Å². The smallest absolute Gasteiger partial charge is 0.251 e. The second kappa shape index (κ2) is 7.48. The zero-order valence-corrected chi connectivity index (χ0v) is 16.7. The van der Waals surface area contributed by atoms with E-state index in [1.807, 2.05) is 18.2 Å². The molecule has 1 N–H and O–H groups in total. The quantitative estimate of drug-likeness (QED) is 0.765. The highest BCUT2D eigenvalue weighted by Gasteiger charge is 2.44. The molecule has 1 spiro atoms. The largest absolute Gasteiger partial charge is 0.493 e. The molecular weight excluding hydrogens is 386 g/mol. The number of nitrogens with one attached hydrogen (secondary N) is 1. The van der Waals surface area contributed by atoms with E-state index in [1.165, 1.54) is 6.08 Å². The molecule has 1 amide bonds. The maximum absolute atomic E-state index is 12.4. The Morgan fingerprint density at radius 2 is 1.83 bits per heavy atom. The highest BCUT2D eigenvalue weighted by molar-refractivity contribution is 6.02. The molecule has 156 valence electrons. The number of methoxy groups -OCH3 is 1. The fourth-order valence-corrected chi connectivity index (χ4v) is 4.03. The van der Waals surface area contributed by atoms with E-state index in [1.54, 1.807) is 25.3 Å². The third-order valence-electron chi connectivity index (χ3n) is 5.45. The van der Waals surface area contributed by atoms with Crippen molar-refractivity contribution in [1.29, 1.82) is 0 Å². The van der Waals surface area contributed by atoms with Gasteiger partial charge in [-0.2, -0.15) is 0 Å². The molecule has 0 aromatic heterocycles. The van der Waals surface area contributed by atoms with Crippen LogP contribution in [0.4, 0.5) is 5.69 Å². The van der Waals surface area contributed by atoms with Crippen molar-refractivity contribution in [2.45, 2.75) is 31.5 Å². The third kappa shape index (κ3) is 3.51. The van der Waals surface area contributed by atoms with Gasteiger partial charge >= 0.3 is 0 Å². The van der Waals surface area contributed by atoms with Crippen LogP contribution in [0, 0.1) is 0 Å². The maximum Gasteiger partial charge on any atom is 0.251 e. The number of carbonyl (C=O) groups is 1. The summed E-state index contributed by atoms with van der Waals surface area (Å²) in [4.78, 5) is 12.4. The summed E-state index contributed by atoms with van der Waals surface area (Å²) >= 11 is 0. The van der Waals surface area contributed by atoms with Gasteiger partial charge in [-0.05, 0) is 48.7 Å². The van der Waals surface area contributed by atoms with Crippen LogP contribution >= 0.6 is 0 Å². The molecule has 7 nitrogen and oxygen atoms in total. The van der Waals surface area contributed by atoms with Crippen LogP contribution in [-0.2, 0) is 4.79 Å². The molecule has 2 heterocycles. The first-order valence-corrected chi connectivity index (χ1v) is 10.1. The predicted octanol–water partition coefficient (Wildman–Crippen LogP) is 4.16. The zero-order valence-electron chi connectivity index (χ0n) is 16.7. The summed E-state index contributed by atoms with van der Waals surface area (Å²) in [6, 6.07) is 9.09. The van der Waals surface area contributed by atoms with Crippen molar-refractivity contribution < 1.29 is 28.5 Å². The Bertz CT molecular complexity index is 992. The van der Waals surface area contributed by atoms with E-state index in [9.17, 15) is 4.79 Å². The fraction of sp³-hybridized carbons (Fsp3) is 0.348. The molecule has 7 heteroatoms. The lowest BCUT2D eigenvalue weighted by Crippen LogP contribution is -2.34. The van der Waals surface area contributed by atoms with Gasteiger partial charge < -0.3 is 29.0 Å². The van der Waals surface area contributed by atoms with Crippen molar-refractivity contribution in [3.63, 3.8) is 0 Å². The van der Waals surface area contributed by atoms with E-state index in [4.69, 9.17) is 23.7 Å². The van der Waals surface area contributed by atoms with Crippen molar-refractivity contribution >= 4 is 17.7 Å². The molecule has 2 aromatic carbocycles. The molecule has 0 radical (unpaired) electrons. The summed E-state index contributed by atoms with van der Waals surface area (Å²) in [6.07, 6.45) is 7.17. The summed E-state index contributed by atoms with van der Waals surface area (Å²) in [5, 5.41) is 2.86. The lowest BCUT2D eigenvalue weighted by Gasteiger charge is -2.21. The van der Waals surface area contributed by atoms with Gasteiger partial charge in [0.15, 0.2) is 23.0 Å². The topological polar surface area (TPSA) is 75.3 Å². The molecule has 0 unspecified atom stereocenters. The van der Waals surface area contributed by atoms with Crippen molar-refractivity contribution in [2.75, 3.05) is 25.6 Å². The van der Waals surface area contributed by atoms with E-state index in [-0.39, 0.29) is 5.91 Å². The number of carbonyl (C=O) groups excluding carboxylic acids is 1. The van der Waals surface area contributed by atoms with E-state index in [0.717, 1.165) is 37.0 Å². The molecule has 2 aromatic rings. The van der Waals surface area contributed by atoms with Crippen LogP contribution in [0.3, 0.4) is 0 Å². The highest BCUT2D eigenvalue weighted by atomic mass is 16.7. The second-order valence-corrected chi connectivity index (χ2v) is 7.55. The number of hydrogen-bond donors (Lipinski definition) is 1. The zero-order chi connectivity index (χ0) is 20.6. The lowest BCUT2D eigenvalue weighted by molar-refractivity contribution is -0.111. The molecule has 1 saturated carbocycles. The van der Waals surface area contributed by atoms with Crippen LogP contribution in [0.25, 0.3) is 6.08 Å². The van der Waals surface area contributed by atoms with Crippen LogP contribution < -0.4 is 29.0 Å². The Morgan fingerprint density at radius 1 is 1.03 bits per heavy atom. The average molecular weight is 409 g/mol. The van der Waals surface area contributed by atoms with Crippen molar-refractivity contribution in [3.8, 4) is 28.7 Å². The van der Waals surface area contributed by atoms with Crippen molar-refractivity contribution in [3.05, 3.63) is 42.0 Å². The number of amides is 1. The average Bonchev–Trinajstić information content (AvgIpc) is 3.37. The Hall–Kier alpha value is -3.35. The van der Waals surface area contributed by atoms with E-state index >= 15 is 0 Å². The molecule has 5 rings (SSSR count). The summed E-state index contributed by atoms with van der Waals surface area (Å²) in [7, 11) is 1.57. The van der Waals surface area contributed by atoms with E-state index in [0.29, 0.717) is 41.9 Å². The van der Waals surface area contributed by atoms with Crippen LogP contribution in [0.5, 0.6) is 28.7 Å². The summed E-state index contributed by atoms with van der Waals surface area (Å²) in [6.45, 7) is 0.965. The summed E-state index contributed by atoms with van der Waals surface area (Å²) < 4.78 is 28.7. The van der Waals surface area contributed by atoms with Gasteiger partial charge in [-0.1, -0.05) is 0 Å². The number of rotatable bonds is 4. The molecule has 3 aliphatic rings. The highest BCUT2D eigenvalue weighted by Crippen LogP contribution is 2.47. The van der Waals surface area contributed by atoms with Gasteiger partial charge in [0.2, 0.25) is 11.7 Å². The van der Waals surface area contributed by atoms with Gasteiger partial charge in [0, 0.05) is 30.7 Å².